The first-order valence-corrected chi connectivity index (χ1v) is 7.98. The Bertz CT molecular complexity index is 915. The molecule has 24 heavy (non-hydrogen) atoms. The van der Waals surface area contributed by atoms with Gasteiger partial charge < -0.3 is 13.9 Å². The highest BCUT2D eigenvalue weighted by atomic mass is 35.5. The van der Waals surface area contributed by atoms with Crippen LogP contribution >= 0.6 is 23.2 Å². The molecule has 0 N–H and O–H groups in total. The lowest BCUT2D eigenvalue weighted by molar-refractivity contribution is -0.131. The first-order valence-electron chi connectivity index (χ1n) is 7.22. The Hall–Kier alpha value is -2.17. The molecule has 4 nitrogen and oxygen atoms in total. The number of carbonyl (C=O) groups is 1. The van der Waals surface area contributed by atoms with E-state index in [4.69, 9.17) is 37.1 Å². The summed E-state index contributed by atoms with van der Waals surface area (Å²) in [6, 6.07) is 10.6. The van der Waals surface area contributed by atoms with Gasteiger partial charge in [-0.3, -0.25) is 4.79 Å². The zero-order valence-corrected chi connectivity index (χ0v) is 14.6. The average Bonchev–Trinajstić information content (AvgIpc) is 2.81. The number of hydrogen-bond acceptors (Lipinski definition) is 4. The molecule has 0 unspecified atom stereocenters. The lowest BCUT2D eigenvalue weighted by atomic mass is 10.2. The van der Waals surface area contributed by atoms with Crippen molar-refractivity contribution in [3.8, 4) is 11.5 Å². The zero-order chi connectivity index (χ0) is 17.3. The Labute approximate surface area is 148 Å². The van der Waals surface area contributed by atoms with Crippen LogP contribution < -0.4 is 9.47 Å². The van der Waals surface area contributed by atoms with Gasteiger partial charge in [0.15, 0.2) is 5.75 Å². The topological polar surface area (TPSA) is 48.7 Å². The van der Waals surface area contributed by atoms with E-state index in [9.17, 15) is 4.79 Å². The molecule has 0 radical (unpaired) electrons. The maximum Gasteiger partial charge on any atom is 0.308 e. The van der Waals surface area contributed by atoms with Gasteiger partial charge in [0, 0.05) is 28.6 Å². The smallest absolute Gasteiger partial charge is 0.308 e. The van der Waals surface area contributed by atoms with Gasteiger partial charge in [-0.2, -0.15) is 0 Å². The molecule has 0 aliphatic carbocycles. The van der Waals surface area contributed by atoms with Crippen LogP contribution in [0.5, 0.6) is 11.5 Å². The molecule has 0 aliphatic rings. The molecule has 3 aromatic rings. The van der Waals surface area contributed by atoms with Crippen LogP contribution in [0, 0.1) is 6.92 Å². The second-order valence-corrected chi connectivity index (χ2v) is 6.11. The van der Waals surface area contributed by atoms with Gasteiger partial charge in [-0.05, 0) is 31.2 Å². The van der Waals surface area contributed by atoms with Gasteiger partial charge in [0.2, 0.25) is 0 Å². The van der Waals surface area contributed by atoms with E-state index in [1.807, 2.05) is 6.07 Å². The minimum atomic E-state index is -0.390. The Kier molecular flexibility index (Phi) is 4.69. The maximum absolute atomic E-state index is 11.2. The van der Waals surface area contributed by atoms with Crippen molar-refractivity contribution in [2.45, 2.75) is 20.5 Å². The summed E-state index contributed by atoms with van der Waals surface area (Å²) in [7, 11) is 0. The van der Waals surface area contributed by atoms with Gasteiger partial charge in [-0.15, -0.1) is 0 Å². The SMILES string of the molecule is CC(=O)Oc1c(C)oc2cc(OCc3ccc(Cl)cc3Cl)ccc12. The predicted octanol–water partition coefficient (Wildman–Crippen LogP) is 5.55. The number of hydrogen-bond donors (Lipinski definition) is 0. The summed E-state index contributed by atoms with van der Waals surface area (Å²) in [5.74, 6) is 1.21. The summed E-state index contributed by atoms with van der Waals surface area (Å²) in [5.41, 5.74) is 1.42. The summed E-state index contributed by atoms with van der Waals surface area (Å²) in [6.45, 7) is 3.40. The number of rotatable bonds is 4. The summed E-state index contributed by atoms with van der Waals surface area (Å²) in [5, 5.41) is 1.85. The highest BCUT2D eigenvalue weighted by molar-refractivity contribution is 6.35. The number of carbonyl (C=O) groups excluding carboxylic acids is 1. The fourth-order valence-corrected chi connectivity index (χ4v) is 2.80. The van der Waals surface area contributed by atoms with Crippen molar-refractivity contribution in [3.05, 3.63) is 57.8 Å². The van der Waals surface area contributed by atoms with Crippen LogP contribution in [-0.4, -0.2) is 5.97 Å². The van der Waals surface area contributed by atoms with Crippen LogP contribution in [-0.2, 0) is 11.4 Å². The van der Waals surface area contributed by atoms with Crippen molar-refractivity contribution in [2.24, 2.45) is 0 Å². The van der Waals surface area contributed by atoms with E-state index in [1.54, 1.807) is 37.3 Å². The number of esters is 1. The monoisotopic (exact) mass is 364 g/mol. The van der Waals surface area contributed by atoms with Gasteiger partial charge in [-0.1, -0.05) is 29.3 Å². The quantitative estimate of drug-likeness (QED) is 0.569. The Morgan fingerprint density at radius 3 is 2.67 bits per heavy atom. The summed E-state index contributed by atoms with van der Waals surface area (Å²) in [4.78, 5) is 11.2. The Balaban J connectivity index is 1.82. The van der Waals surface area contributed by atoms with Crippen LogP contribution in [0.1, 0.15) is 18.2 Å². The molecule has 0 aliphatic heterocycles. The highest BCUT2D eigenvalue weighted by Crippen LogP contribution is 2.35. The molecule has 0 saturated carbocycles. The van der Waals surface area contributed by atoms with Crippen LogP contribution in [0.25, 0.3) is 11.0 Å². The first kappa shape index (κ1) is 16.7. The second-order valence-electron chi connectivity index (χ2n) is 5.26. The molecule has 1 heterocycles. The number of benzene rings is 2. The second kappa shape index (κ2) is 6.75. The molecule has 1 aromatic heterocycles. The number of furan rings is 1. The van der Waals surface area contributed by atoms with Gasteiger partial charge in [0.05, 0.1) is 5.39 Å². The van der Waals surface area contributed by atoms with Crippen molar-refractivity contribution in [3.63, 3.8) is 0 Å². The third-order valence-corrected chi connectivity index (χ3v) is 4.02. The fraction of sp³-hybridized carbons (Fsp3) is 0.167. The minimum Gasteiger partial charge on any atom is -0.489 e. The number of aryl methyl sites for hydroxylation is 1. The molecule has 0 fully saturated rings. The molecular weight excluding hydrogens is 351 g/mol. The maximum atomic E-state index is 11.2. The van der Waals surface area contributed by atoms with Crippen molar-refractivity contribution in [2.75, 3.05) is 0 Å². The van der Waals surface area contributed by atoms with Crippen molar-refractivity contribution in [1.82, 2.24) is 0 Å². The Morgan fingerprint density at radius 1 is 1.17 bits per heavy atom. The third-order valence-electron chi connectivity index (χ3n) is 3.44. The van der Waals surface area contributed by atoms with Crippen LogP contribution in [0.3, 0.4) is 0 Å². The van der Waals surface area contributed by atoms with Crippen molar-refractivity contribution >= 4 is 40.1 Å². The van der Waals surface area contributed by atoms with Gasteiger partial charge in [0.25, 0.3) is 0 Å². The lowest BCUT2D eigenvalue weighted by Gasteiger charge is -2.08. The third kappa shape index (κ3) is 3.50. The lowest BCUT2D eigenvalue weighted by Crippen LogP contribution is -2.01. The normalized spacial score (nSPS) is 10.8. The van der Waals surface area contributed by atoms with Gasteiger partial charge in [-0.25, -0.2) is 0 Å². The van der Waals surface area contributed by atoms with E-state index >= 15 is 0 Å². The summed E-state index contributed by atoms with van der Waals surface area (Å²) < 4.78 is 16.6. The summed E-state index contributed by atoms with van der Waals surface area (Å²) >= 11 is 12.0. The predicted molar refractivity (Wildman–Crippen MR) is 93.1 cm³/mol. The largest absolute Gasteiger partial charge is 0.489 e. The van der Waals surface area contributed by atoms with Crippen LogP contribution in [0.4, 0.5) is 0 Å². The summed E-state index contributed by atoms with van der Waals surface area (Å²) in [6.07, 6.45) is 0. The molecule has 0 saturated heterocycles. The molecule has 0 amide bonds. The van der Waals surface area contributed by atoms with E-state index in [-0.39, 0.29) is 0 Å². The van der Waals surface area contributed by atoms with E-state index in [2.05, 4.69) is 0 Å². The average molecular weight is 365 g/mol. The van der Waals surface area contributed by atoms with E-state index in [1.165, 1.54) is 6.92 Å². The van der Waals surface area contributed by atoms with Crippen LogP contribution in [0.15, 0.2) is 40.8 Å². The van der Waals surface area contributed by atoms with Gasteiger partial charge >= 0.3 is 5.97 Å². The van der Waals surface area contributed by atoms with Gasteiger partial charge in [0.1, 0.15) is 23.7 Å². The number of ether oxygens (including phenoxy) is 2. The molecule has 0 atom stereocenters. The minimum absolute atomic E-state index is 0.304. The van der Waals surface area contributed by atoms with Crippen molar-refractivity contribution in [1.29, 1.82) is 0 Å². The zero-order valence-electron chi connectivity index (χ0n) is 13.1. The van der Waals surface area contributed by atoms with E-state index in [0.717, 1.165) is 10.9 Å². The molecule has 0 bridgehead atoms. The number of halogens is 2. The standard InChI is InChI=1S/C18H14Cl2O4/c1-10-18(24-11(2)21)15-6-5-14(8-17(15)23-10)22-9-12-3-4-13(19)7-16(12)20/h3-8H,9H2,1-2H3. The molecule has 6 heteroatoms. The molecule has 2 aromatic carbocycles. The number of fused-ring (bicyclic) bond motifs is 1. The van der Waals surface area contributed by atoms with Crippen molar-refractivity contribution < 1.29 is 18.7 Å². The fourth-order valence-electron chi connectivity index (χ4n) is 2.34. The highest BCUT2D eigenvalue weighted by Gasteiger charge is 2.15. The molecular formula is C18H14Cl2O4. The van der Waals surface area contributed by atoms with Crippen LogP contribution in [0.2, 0.25) is 10.0 Å². The molecule has 0 spiro atoms. The first-order chi connectivity index (χ1) is 11.4. The molecule has 3 rings (SSSR count). The molecule has 124 valence electrons. The van der Waals surface area contributed by atoms with E-state index < -0.39 is 5.97 Å². The van der Waals surface area contributed by atoms with E-state index in [0.29, 0.717) is 39.5 Å². The Morgan fingerprint density at radius 2 is 1.96 bits per heavy atom.